The van der Waals surface area contributed by atoms with Gasteiger partial charge in [-0.2, -0.15) is 0 Å². The summed E-state index contributed by atoms with van der Waals surface area (Å²) < 4.78 is 5.36. The Morgan fingerprint density at radius 2 is 1.92 bits per heavy atom. The number of nitrogens with zero attached hydrogens (tertiary/aromatic N) is 2. The molecule has 0 amide bonds. The standard InChI is InChI=1S/C19H32N4O2/c1-4-20-18(21-13-17-7-5-16(2)6-8-17)22-14-19(3,24)15-23-9-11-25-12-10-23/h5-8,24H,4,9-15H2,1-3H3,(H2,20,21,22). The molecule has 0 saturated carbocycles. The predicted molar refractivity (Wildman–Crippen MR) is 102 cm³/mol. The Labute approximate surface area is 151 Å². The van der Waals surface area contributed by atoms with Crippen LogP contribution in [0.5, 0.6) is 0 Å². The molecule has 6 nitrogen and oxygen atoms in total. The molecule has 1 atom stereocenters. The molecule has 0 bridgehead atoms. The van der Waals surface area contributed by atoms with Crippen molar-refractivity contribution in [2.45, 2.75) is 32.9 Å². The molecule has 1 aromatic rings. The molecule has 0 aromatic heterocycles. The molecule has 3 N–H and O–H groups in total. The van der Waals surface area contributed by atoms with Crippen LogP contribution >= 0.6 is 0 Å². The maximum absolute atomic E-state index is 10.7. The fourth-order valence-electron chi connectivity index (χ4n) is 2.78. The zero-order valence-corrected chi connectivity index (χ0v) is 15.7. The lowest BCUT2D eigenvalue weighted by molar-refractivity contribution is -0.0201. The zero-order valence-electron chi connectivity index (χ0n) is 15.7. The van der Waals surface area contributed by atoms with E-state index in [2.05, 4.69) is 51.7 Å². The quantitative estimate of drug-likeness (QED) is 0.509. The Bertz CT molecular complexity index is 537. The van der Waals surface area contributed by atoms with E-state index in [0.29, 0.717) is 19.6 Å². The number of morpholine rings is 1. The number of rotatable bonds is 7. The number of ether oxygens (including phenoxy) is 1. The lowest BCUT2D eigenvalue weighted by Crippen LogP contribution is -2.52. The van der Waals surface area contributed by atoms with Gasteiger partial charge in [0.05, 0.1) is 25.4 Å². The van der Waals surface area contributed by atoms with Crippen molar-refractivity contribution in [2.24, 2.45) is 4.99 Å². The van der Waals surface area contributed by atoms with Gasteiger partial charge < -0.3 is 20.5 Å². The summed E-state index contributed by atoms with van der Waals surface area (Å²) in [6, 6.07) is 8.38. The summed E-state index contributed by atoms with van der Waals surface area (Å²) in [5, 5.41) is 17.2. The molecular formula is C19H32N4O2. The molecule has 0 spiro atoms. The van der Waals surface area contributed by atoms with Crippen molar-refractivity contribution in [1.29, 1.82) is 0 Å². The Kier molecular flexibility index (Phi) is 7.68. The monoisotopic (exact) mass is 348 g/mol. The van der Waals surface area contributed by atoms with Gasteiger partial charge in [-0.25, -0.2) is 4.99 Å². The minimum absolute atomic E-state index is 0.449. The predicted octanol–water partition coefficient (Wildman–Crippen LogP) is 1.13. The number of hydrogen-bond donors (Lipinski definition) is 3. The molecule has 0 radical (unpaired) electrons. The van der Waals surface area contributed by atoms with E-state index in [1.165, 1.54) is 11.1 Å². The van der Waals surface area contributed by atoms with Crippen LogP contribution in [0.3, 0.4) is 0 Å². The van der Waals surface area contributed by atoms with Crippen molar-refractivity contribution < 1.29 is 9.84 Å². The number of aliphatic imine (C=N–C) groups is 1. The Morgan fingerprint density at radius 1 is 1.24 bits per heavy atom. The highest BCUT2D eigenvalue weighted by molar-refractivity contribution is 5.79. The van der Waals surface area contributed by atoms with Crippen LogP contribution in [0.15, 0.2) is 29.3 Å². The molecule has 1 fully saturated rings. The van der Waals surface area contributed by atoms with Gasteiger partial charge >= 0.3 is 0 Å². The van der Waals surface area contributed by atoms with Crippen molar-refractivity contribution >= 4 is 5.96 Å². The van der Waals surface area contributed by atoms with Crippen LogP contribution in [0.2, 0.25) is 0 Å². The maximum Gasteiger partial charge on any atom is 0.191 e. The topological polar surface area (TPSA) is 69.1 Å². The fourth-order valence-corrected chi connectivity index (χ4v) is 2.78. The lowest BCUT2D eigenvalue weighted by atomic mass is 10.1. The van der Waals surface area contributed by atoms with Gasteiger partial charge in [-0.05, 0) is 26.3 Å². The first kappa shape index (κ1) is 19.7. The SMILES string of the molecule is CCNC(=NCc1ccc(C)cc1)NCC(C)(O)CN1CCOCC1. The second-order valence-electron chi connectivity index (χ2n) is 6.92. The van der Waals surface area contributed by atoms with Crippen molar-refractivity contribution in [2.75, 3.05) is 45.9 Å². The summed E-state index contributed by atoms with van der Waals surface area (Å²) in [5.41, 5.74) is 1.59. The van der Waals surface area contributed by atoms with E-state index in [0.717, 1.165) is 38.8 Å². The molecule has 2 rings (SSSR count). The molecule has 0 aliphatic carbocycles. The van der Waals surface area contributed by atoms with Crippen LogP contribution in [0.25, 0.3) is 0 Å². The first-order chi connectivity index (χ1) is 12.0. The molecule has 1 aliphatic heterocycles. The van der Waals surface area contributed by atoms with Crippen molar-refractivity contribution in [3.8, 4) is 0 Å². The van der Waals surface area contributed by atoms with E-state index in [4.69, 9.17) is 4.74 Å². The fraction of sp³-hybridized carbons (Fsp3) is 0.632. The first-order valence-electron chi connectivity index (χ1n) is 9.09. The van der Waals surface area contributed by atoms with E-state index in [1.807, 2.05) is 13.8 Å². The number of aliphatic hydroxyl groups is 1. The number of nitrogens with one attached hydrogen (secondary N) is 2. The van der Waals surface area contributed by atoms with Gasteiger partial charge in [-0.15, -0.1) is 0 Å². The highest BCUT2D eigenvalue weighted by Gasteiger charge is 2.25. The first-order valence-corrected chi connectivity index (χ1v) is 9.09. The van der Waals surface area contributed by atoms with Crippen LogP contribution in [0.1, 0.15) is 25.0 Å². The molecule has 1 saturated heterocycles. The van der Waals surface area contributed by atoms with Crippen LogP contribution in [-0.2, 0) is 11.3 Å². The highest BCUT2D eigenvalue weighted by Crippen LogP contribution is 2.08. The summed E-state index contributed by atoms with van der Waals surface area (Å²) in [4.78, 5) is 6.85. The Hall–Kier alpha value is -1.63. The van der Waals surface area contributed by atoms with Gasteiger partial charge in [0.15, 0.2) is 5.96 Å². The van der Waals surface area contributed by atoms with Crippen LogP contribution in [-0.4, -0.2) is 67.5 Å². The molecule has 140 valence electrons. The summed E-state index contributed by atoms with van der Waals surface area (Å²) in [6.45, 7) is 11.7. The van der Waals surface area contributed by atoms with Gasteiger partial charge in [0.2, 0.25) is 0 Å². The lowest BCUT2D eigenvalue weighted by Gasteiger charge is -2.34. The molecule has 25 heavy (non-hydrogen) atoms. The second kappa shape index (κ2) is 9.75. The van der Waals surface area contributed by atoms with Crippen molar-refractivity contribution in [3.05, 3.63) is 35.4 Å². The third kappa shape index (κ3) is 7.42. The van der Waals surface area contributed by atoms with E-state index in [-0.39, 0.29) is 0 Å². The molecule has 1 aliphatic rings. The number of benzene rings is 1. The average molecular weight is 348 g/mol. The summed E-state index contributed by atoms with van der Waals surface area (Å²) in [5.74, 6) is 0.727. The minimum Gasteiger partial charge on any atom is -0.387 e. The summed E-state index contributed by atoms with van der Waals surface area (Å²) >= 11 is 0. The minimum atomic E-state index is -0.822. The number of β-amino-alcohol motifs (C(OH)–C–C–N with tert-alkyl or cyclic N) is 1. The van der Waals surface area contributed by atoms with E-state index < -0.39 is 5.60 Å². The van der Waals surface area contributed by atoms with Crippen molar-refractivity contribution in [3.63, 3.8) is 0 Å². The van der Waals surface area contributed by atoms with Gasteiger partial charge in [0.1, 0.15) is 0 Å². The van der Waals surface area contributed by atoms with E-state index in [1.54, 1.807) is 0 Å². The summed E-state index contributed by atoms with van der Waals surface area (Å²) in [6.07, 6.45) is 0. The smallest absolute Gasteiger partial charge is 0.191 e. The summed E-state index contributed by atoms with van der Waals surface area (Å²) in [7, 11) is 0. The zero-order chi connectivity index (χ0) is 18.1. The average Bonchev–Trinajstić information content (AvgIpc) is 2.59. The van der Waals surface area contributed by atoms with Crippen LogP contribution in [0.4, 0.5) is 0 Å². The van der Waals surface area contributed by atoms with Crippen molar-refractivity contribution in [1.82, 2.24) is 15.5 Å². The molecule has 1 unspecified atom stereocenters. The van der Waals surface area contributed by atoms with E-state index >= 15 is 0 Å². The normalized spacial score (nSPS) is 18.6. The van der Waals surface area contributed by atoms with Gasteiger partial charge in [-0.1, -0.05) is 29.8 Å². The molecular weight excluding hydrogens is 316 g/mol. The number of guanidine groups is 1. The van der Waals surface area contributed by atoms with Gasteiger partial charge in [-0.3, -0.25) is 4.90 Å². The largest absolute Gasteiger partial charge is 0.387 e. The molecule has 6 heteroatoms. The Morgan fingerprint density at radius 3 is 2.56 bits per heavy atom. The molecule has 1 aromatic carbocycles. The number of hydrogen-bond acceptors (Lipinski definition) is 4. The second-order valence-corrected chi connectivity index (χ2v) is 6.92. The third-order valence-corrected chi connectivity index (χ3v) is 4.19. The molecule has 1 heterocycles. The highest BCUT2D eigenvalue weighted by atomic mass is 16.5. The van der Waals surface area contributed by atoms with Crippen LogP contribution < -0.4 is 10.6 Å². The van der Waals surface area contributed by atoms with Gasteiger partial charge in [0.25, 0.3) is 0 Å². The van der Waals surface area contributed by atoms with Crippen LogP contribution in [0, 0.1) is 6.92 Å². The third-order valence-electron chi connectivity index (χ3n) is 4.19. The maximum atomic E-state index is 10.7. The number of aryl methyl sites for hydroxylation is 1. The Balaban J connectivity index is 1.86. The van der Waals surface area contributed by atoms with E-state index in [9.17, 15) is 5.11 Å². The van der Waals surface area contributed by atoms with Gasteiger partial charge in [0, 0.05) is 32.7 Å².